The maximum absolute atomic E-state index is 13.0. The highest BCUT2D eigenvalue weighted by Gasteiger charge is 2.46. The second kappa shape index (κ2) is 8.73. The Morgan fingerprint density at radius 2 is 1.94 bits per heavy atom. The molecule has 31 heavy (non-hydrogen) atoms. The lowest BCUT2D eigenvalue weighted by Crippen LogP contribution is -2.31. The number of H-pyrrole nitrogens is 1. The molecule has 1 aromatic carbocycles. The lowest BCUT2D eigenvalue weighted by molar-refractivity contribution is -0.140. The zero-order chi connectivity index (χ0) is 22.0. The number of nitrogens with one attached hydrogen (secondary N) is 1. The van der Waals surface area contributed by atoms with E-state index < -0.39 is 17.7 Å². The third kappa shape index (κ3) is 3.96. The Hall–Kier alpha value is -3.45. The van der Waals surface area contributed by atoms with Gasteiger partial charge in [0.15, 0.2) is 0 Å². The smallest absolute Gasteiger partial charge is 0.295 e. The standard InChI is InChI=1S/C24H25N3O4/c1-15(2)31-13-5-12-27-21(16-8-10-25-11-9-16)20(23(29)24(27)30)22(28)18-14-26-19-7-4-3-6-17(18)19/h3-4,6-11,14-15,21,26,28H,5,12-13H2,1-2H3/b22-20-. The first kappa shape index (κ1) is 20.8. The third-order valence-corrected chi connectivity index (χ3v) is 5.40. The van der Waals surface area contributed by atoms with E-state index in [0.717, 1.165) is 16.5 Å². The van der Waals surface area contributed by atoms with Gasteiger partial charge in [0.05, 0.1) is 17.7 Å². The lowest BCUT2D eigenvalue weighted by atomic mass is 9.96. The molecule has 0 bridgehead atoms. The van der Waals surface area contributed by atoms with Gasteiger partial charge < -0.3 is 19.7 Å². The molecular weight excluding hydrogens is 394 g/mol. The quantitative estimate of drug-likeness (QED) is 0.263. The largest absolute Gasteiger partial charge is 0.507 e. The van der Waals surface area contributed by atoms with Crippen LogP contribution in [-0.4, -0.2) is 50.9 Å². The van der Waals surface area contributed by atoms with Crippen LogP contribution >= 0.6 is 0 Å². The molecule has 0 spiro atoms. The Morgan fingerprint density at radius 1 is 1.19 bits per heavy atom. The Labute approximate surface area is 180 Å². The first-order chi connectivity index (χ1) is 15.0. The maximum atomic E-state index is 13.0. The number of hydrogen-bond donors (Lipinski definition) is 2. The van der Waals surface area contributed by atoms with Gasteiger partial charge in [-0.15, -0.1) is 0 Å². The molecule has 0 radical (unpaired) electrons. The molecule has 1 saturated heterocycles. The number of benzene rings is 1. The monoisotopic (exact) mass is 419 g/mol. The number of carbonyl (C=O) groups is 2. The number of aromatic amines is 1. The van der Waals surface area contributed by atoms with Gasteiger partial charge in [0, 0.05) is 48.2 Å². The van der Waals surface area contributed by atoms with Gasteiger partial charge >= 0.3 is 0 Å². The summed E-state index contributed by atoms with van der Waals surface area (Å²) in [6, 6.07) is 10.3. The number of pyridine rings is 1. The Kier molecular flexibility index (Phi) is 5.86. The number of Topliss-reactive ketones (excluding diaryl/α,β-unsaturated/α-hetero) is 1. The van der Waals surface area contributed by atoms with E-state index in [-0.39, 0.29) is 17.4 Å². The number of likely N-dealkylation sites (tertiary alicyclic amines) is 1. The van der Waals surface area contributed by atoms with E-state index >= 15 is 0 Å². The predicted molar refractivity (Wildman–Crippen MR) is 117 cm³/mol. The number of aliphatic hydroxyl groups excluding tert-OH is 1. The van der Waals surface area contributed by atoms with Crippen molar-refractivity contribution in [2.75, 3.05) is 13.2 Å². The van der Waals surface area contributed by atoms with Crippen molar-refractivity contribution in [2.24, 2.45) is 0 Å². The van der Waals surface area contributed by atoms with E-state index in [0.29, 0.717) is 25.1 Å². The molecule has 1 amide bonds. The van der Waals surface area contributed by atoms with Gasteiger partial charge in [-0.05, 0) is 44.0 Å². The molecule has 3 aromatic rings. The van der Waals surface area contributed by atoms with E-state index in [1.54, 1.807) is 30.7 Å². The van der Waals surface area contributed by atoms with Crippen LogP contribution in [0.2, 0.25) is 0 Å². The van der Waals surface area contributed by atoms with Gasteiger partial charge in [-0.3, -0.25) is 14.6 Å². The molecule has 2 aromatic heterocycles. The molecule has 7 nitrogen and oxygen atoms in total. The predicted octanol–water partition coefficient (Wildman–Crippen LogP) is 3.80. The fraction of sp³-hybridized carbons (Fsp3) is 0.292. The fourth-order valence-corrected chi connectivity index (χ4v) is 3.97. The summed E-state index contributed by atoms with van der Waals surface area (Å²) in [5.41, 5.74) is 2.14. The van der Waals surface area contributed by atoms with Gasteiger partial charge in [0.2, 0.25) is 0 Å². The van der Waals surface area contributed by atoms with Crippen molar-refractivity contribution in [1.29, 1.82) is 0 Å². The highest BCUT2D eigenvalue weighted by atomic mass is 16.5. The van der Waals surface area contributed by atoms with E-state index in [4.69, 9.17) is 4.74 Å². The zero-order valence-electron chi connectivity index (χ0n) is 17.5. The van der Waals surface area contributed by atoms with Crippen LogP contribution in [0.3, 0.4) is 0 Å². The minimum Gasteiger partial charge on any atom is -0.507 e. The number of aliphatic hydroxyl groups is 1. The molecule has 1 atom stereocenters. The van der Waals surface area contributed by atoms with Gasteiger partial charge in [0.1, 0.15) is 5.76 Å². The molecule has 1 unspecified atom stereocenters. The summed E-state index contributed by atoms with van der Waals surface area (Å²) in [7, 11) is 0. The summed E-state index contributed by atoms with van der Waals surface area (Å²) in [5.74, 6) is -1.49. The first-order valence-electron chi connectivity index (χ1n) is 10.4. The number of amides is 1. The maximum Gasteiger partial charge on any atom is 0.295 e. The second-order valence-corrected chi connectivity index (χ2v) is 7.79. The molecule has 7 heteroatoms. The summed E-state index contributed by atoms with van der Waals surface area (Å²) < 4.78 is 5.59. The van der Waals surface area contributed by atoms with Gasteiger partial charge in [-0.25, -0.2) is 0 Å². The van der Waals surface area contributed by atoms with Crippen molar-refractivity contribution >= 4 is 28.4 Å². The van der Waals surface area contributed by atoms with Crippen LogP contribution in [0.4, 0.5) is 0 Å². The molecule has 4 rings (SSSR count). The Morgan fingerprint density at radius 3 is 2.68 bits per heavy atom. The highest BCUT2D eigenvalue weighted by Crippen LogP contribution is 2.40. The van der Waals surface area contributed by atoms with E-state index in [9.17, 15) is 14.7 Å². The Bertz CT molecular complexity index is 1130. The van der Waals surface area contributed by atoms with Crippen LogP contribution < -0.4 is 0 Å². The summed E-state index contributed by atoms with van der Waals surface area (Å²) >= 11 is 0. The highest BCUT2D eigenvalue weighted by molar-refractivity contribution is 6.46. The number of carbonyl (C=O) groups excluding carboxylic acids is 2. The average Bonchev–Trinajstić information content (AvgIpc) is 3.31. The average molecular weight is 419 g/mol. The minimum absolute atomic E-state index is 0.0886. The van der Waals surface area contributed by atoms with Gasteiger partial charge in [-0.1, -0.05) is 18.2 Å². The number of fused-ring (bicyclic) bond motifs is 1. The van der Waals surface area contributed by atoms with Crippen molar-refractivity contribution in [3.8, 4) is 0 Å². The second-order valence-electron chi connectivity index (χ2n) is 7.79. The van der Waals surface area contributed by atoms with Gasteiger partial charge in [-0.2, -0.15) is 0 Å². The number of ether oxygens (including phenoxy) is 1. The number of rotatable bonds is 7. The normalized spacial score (nSPS) is 18.4. The number of hydrogen-bond acceptors (Lipinski definition) is 5. The van der Waals surface area contributed by atoms with Crippen LogP contribution in [0.15, 0.2) is 60.6 Å². The van der Waals surface area contributed by atoms with E-state index in [2.05, 4.69) is 9.97 Å². The number of para-hydroxylation sites is 1. The van der Waals surface area contributed by atoms with Crippen LogP contribution in [0.5, 0.6) is 0 Å². The third-order valence-electron chi connectivity index (χ3n) is 5.40. The zero-order valence-corrected chi connectivity index (χ0v) is 17.5. The fourth-order valence-electron chi connectivity index (χ4n) is 3.97. The number of aromatic nitrogens is 2. The number of ketones is 1. The van der Waals surface area contributed by atoms with Gasteiger partial charge in [0.25, 0.3) is 11.7 Å². The number of nitrogens with zero attached hydrogens (tertiary/aromatic N) is 2. The molecule has 2 N–H and O–H groups in total. The first-order valence-corrected chi connectivity index (χ1v) is 10.4. The van der Waals surface area contributed by atoms with Crippen molar-refractivity contribution < 1.29 is 19.4 Å². The van der Waals surface area contributed by atoms with Crippen LogP contribution in [0.25, 0.3) is 16.7 Å². The van der Waals surface area contributed by atoms with Crippen molar-refractivity contribution in [1.82, 2.24) is 14.9 Å². The molecule has 1 aliphatic rings. The molecule has 160 valence electrons. The summed E-state index contributed by atoms with van der Waals surface area (Å²) in [6.45, 7) is 4.72. The van der Waals surface area contributed by atoms with Crippen molar-refractivity contribution in [2.45, 2.75) is 32.4 Å². The van der Waals surface area contributed by atoms with E-state index in [1.165, 1.54) is 4.90 Å². The summed E-state index contributed by atoms with van der Waals surface area (Å²) in [5, 5.41) is 12.0. The van der Waals surface area contributed by atoms with Crippen molar-refractivity contribution in [3.63, 3.8) is 0 Å². The minimum atomic E-state index is -0.686. The lowest BCUT2D eigenvalue weighted by Gasteiger charge is -2.25. The van der Waals surface area contributed by atoms with Crippen LogP contribution in [0, 0.1) is 0 Å². The molecule has 0 aliphatic carbocycles. The molecule has 0 saturated carbocycles. The van der Waals surface area contributed by atoms with E-state index in [1.807, 2.05) is 38.1 Å². The molecule has 3 heterocycles. The van der Waals surface area contributed by atoms with Crippen LogP contribution in [-0.2, 0) is 14.3 Å². The summed E-state index contributed by atoms with van der Waals surface area (Å²) in [6.07, 6.45) is 5.56. The Balaban J connectivity index is 1.77. The summed E-state index contributed by atoms with van der Waals surface area (Å²) in [4.78, 5) is 34.6. The molecule has 1 aliphatic heterocycles. The molecule has 1 fully saturated rings. The van der Waals surface area contributed by atoms with Crippen LogP contribution in [0.1, 0.15) is 37.4 Å². The molecular formula is C24H25N3O4. The SMILES string of the molecule is CC(C)OCCCN1C(=O)C(=O)/C(=C(\O)c2c[nH]c3ccccc23)C1c1ccncc1. The van der Waals surface area contributed by atoms with Crippen molar-refractivity contribution in [3.05, 3.63) is 71.7 Å². The topological polar surface area (TPSA) is 95.5 Å².